The van der Waals surface area contributed by atoms with Gasteiger partial charge in [0, 0.05) is 18.3 Å². The smallest absolute Gasteiger partial charge is 0.414 e. The minimum absolute atomic E-state index is 0.0902. The molecule has 0 atom stereocenters. The highest BCUT2D eigenvalue weighted by molar-refractivity contribution is 5.94. The summed E-state index contributed by atoms with van der Waals surface area (Å²) in [6, 6.07) is 6.80. The predicted octanol–water partition coefficient (Wildman–Crippen LogP) is 1.71. The summed E-state index contributed by atoms with van der Waals surface area (Å²) in [5.41, 5.74) is 0.942. The first-order valence-electron chi connectivity index (χ1n) is 6.38. The molecule has 8 heteroatoms. The fourth-order valence-electron chi connectivity index (χ4n) is 2.12. The zero-order valence-corrected chi connectivity index (χ0v) is 11.3. The van der Waals surface area contributed by atoms with E-state index in [4.69, 9.17) is 24.7 Å². The van der Waals surface area contributed by atoms with Crippen molar-refractivity contribution in [2.75, 3.05) is 30.2 Å². The fourth-order valence-corrected chi connectivity index (χ4v) is 2.12. The Morgan fingerprint density at radius 1 is 1.23 bits per heavy atom. The van der Waals surface area contributed by atoms with Crippen LogP contribution in [0, 0.1) is 22.7 Å². The van der Waals surface area contributed by atoms with E-state index in [2.05, 4.69) is 5.32 Å². The zero-order chi connectivity index (χ0) is 15.5. The molecule has 1 amide bonds. The number of allylic oxidation sites excluding steroid dienone is 1. The van der Waals surface area contributed by atoms with Crippen LogP contribution in [0.5, 0.6) is 11.5 Å². The van der Waals surface area contributed by atoms with Crippen LogP contribution in [0.4, 0.5) is 16.2 Å². The molecule has 0 saturated carbocycles. The third-order valence-electron chi connectivity index (χ3n) is 3.16. The lowest BCUT2D eigenvalue weighted by atomic mass is 10.2. The molecule has 0 radical (unpaired) electrons. The predicted molar refractivity (Wildman–Crippen MR) is 74.2 cm³/mol. The van der Waals surface area contributed by atoms with Gasteiger partial charge < -0.3 is 19.5 Å². The lowest BCUT2D eigenvalue weighted by Crippen LogP contribution is -2.24. The molecule has 0 bridgehead atoms. The van der Waals surface area contributed by atoms with Gasteiger partial charge in [0.2, 0.25) is 6.79 Å². The van der Waals surface area contributed by atoms with Crippen LogP contribution in [-0.2, 0) is 4.74 Å². The second-order valence-electron chi connectivity index (χ2n) is 4.41. The molecule has 22 heavy (non-hydrogen) atoms. The lowest BCUT2D eigenvalue weighted by molar-refractivity contribution is 0.174. The van der Waals surface area contributed by atoms with E-state index in [1.807, 2.05) is 0 Å². The first-order chi connectivity index (χ1) is 10.7. The summed E-state index contributed by atoms with van der Waals surface area (Å²) in [7, 11) is 0. The molecule has 0 aliphatic carbocycles. The highest BCUT2D eigenvalue weighted by Crippen LogP contribution is 2.41. The van der Waals surface area contributed by atoms with Gasteiger partial charge in [0.15, 0.2) is 11.5 Å². The van der Waals surface area contributed by atoms with Crippen molar-refractivity contribution in [1.29, 1.82) is 10.5 Å². The molecule has 1 saturated heterocycles. The van der Waals surface area contributed by atoms with E-state index >= 15 is 0 Å². The van der Waals surface area contributed by atoms with Crippen molar-refractivity contribution < 1.29 is 19.0 Å². The Bertz CT molecular complexity index is 728. The van der Waals surface area contributed by atoms with Crippen LogP contribution in [0.1, 0.15) is 0 Å². The van der Waals surface area contributed by atoms with E-state index < -0.39 is 6.09 Å². The Balaban J connectivity index is 2.00. The molecule has 1 N–H and O–H groups in total. The molecular formula is C14H10N4O4. The van der Waals surface area contributed by atoms with Crippen molar-refractivity contribution >= 4 is 17.5 Å². The third kappa shape index (κ3) is 2.34. The van der Waals surface area contributed by atoms with Gasteiger partial charge in [0.05, 0.1) is 17.9 Å². The molecular weight excluding hydrogens is 288 g/mol. The van der Waals surface area contributed by atoms with E-state index in [9.17, 15) is 4.79 Å². The van der Waals surface area contributed by atoms with Crippen LogP contribution >= 0.6 is 0 Å². The van der Waals surface area contributed by atoms with Crippen molar-refractivity contribution in [1.82, 2.24) is 0 Å². The minimum atomic E-state index is -0.466. The van der Waals surface area contributed by atoms with Gasteiger partial charge >= 0.3 is 6.09 Å². The van der Waals surface area contributed by atoms with E-state index in [1.165, 1.54) is 11.1 Å². The average molecular weight is 298 g/mol. The van der Waals surface area contributed by atoms with Crippen LogP contribution in [0.15, 0.2) is 23.9 Å². The topological polar surface area (TPSA) is 108 Å². The Kier molecular flexibility index (Phi) is 3.42. The molecule has 0 unspecified atom stereocenters. The van der Waals surface area contributed by atoms with Gasteiger partial charge in [-0.15, -0.1) is 0 Å². The largest absolute Gasteiger partial charge is 0.454 e. The van der Waals surface area contributed by atoms with Gasteiger partial charge in [-0.25, -0.2) is 4.79 Å². The summed E-state index contributed by atoms with van der Waals surface area (Å²) in [6.45, 7) is 0.796. The molecule has 1 aromatic carbocycles. The number of nitriles is 2. The number of hydrogen-bond acceptors (Lipinski definition) is 7. The van der Waals surface area contributed by atoms with Crippen molar-refractivity contribution in [2.45, 2.75) is 0 Å². The molecule has 0 aromatic heterocycles. The Labute approximate surface area is 125 Å². The van der Waals surface area contributed by atoms with E-state index in [-0.39, 0.29) is 12.4 Å². The molecule has 1 aromatic rings. The Morgan fingerprint density at radius 3 is 2.59 bits per heavy atom. The summed E-state index contributed by atoms with van der Waals surface area (Å²) in [4.78, 5) is 13.2. The molecule has 2 aliphatic rings. The van der Waals surface area contributed by atoms with Gasteiger partial charge in [-0.3, -0.25) is 4.90 Å². The molecule has 0 spiro atoms. The second-order valence-corrected chi connectivity index (χ2v) is 4.41. The second kappa shape index (κ2) is 5.54. The maximum atomic E-state index is 11.8. The van der Waals surface area contributed by atoms with Gasteiger partial charge in [-0.2, -0.15) is 10.5 Å². The van der Waals surface area contributed by atoms with Crippen molar-refractivity contribution in [2.24, 2.45) is 0 Å². The van der Waals surface area contributed by atoms with Gasteiger partial charge in [-0.1, -0.05) is 0 Å². The first-order valence-corrected chi connectivity index (χ1v) is 6.38. The number of carbonyl (C=O) groups is 1. The number of carbonyl (C=O) groups excluding carboxylic acids is 1. The maximum absolute atomic E-state index is 11.8. The number of amides is 1. The lowest BCUT2D eigenvalue weighted by Gasteiger charge is -2.18. The average Bonchev–Trinajstić information content (AvgIpc) is 3.15. The van der Waals surface area contributed by atoms with Crippen LogP contribution < -0.4 is 19.7 Å². The van der Waals surface area contributed by atoms with Crippen LogP contribution in [0.2, 0.25) is 0 Å². The maximum Gasteiger partial charge on any atom is 0.414 e. The van der Waals surface area contributed by atoms with Crippen LogP contribution in [0.3, 0.4) is 0 Å². The molecule has 2 aliphatic heterocycles. The van der Waals surface area contributed by atoms with E-state index in [1.54, 1.807) is 24.3 Å². The monoisotopic (exact) mass is 298 g/mol. The third-order valence-corrected chi connectivity index (χ3v) is 3.16. The van der Waals surface area contributed by atoms with E-state index in [0.717, 1.165) is 0 Å². The highest BCUT2D eigenvalue weighted by atomic mass is 16.7. The van der Waals surface area contributed by atoms with Crippen molar-refractivity contribution in [3.63, 3.8) is 0 Å². The van der Waals surface area contributed by atoms with Crippen LogP contribution in [-0.4, -0.2) is 26.0 Å². The van der Waals surface area contributed by atoms with E-state index in [0.29, 0.717) is 36.0 Å². The molecule has 110 valence electrons. The fraction of sp³-hybridized carbons (Fsp3) is 0.214. The quantitative estimate of drug-likeness (QED) is 0.846. The Morgan fingerprint density at radius 2 is 1.95 bits per heavy atom. The normalized spacial score (nSPS) is 14.8. The highest BCUT2D eigenvalue weighted by Gasteiger charge is 2.28. The summed E-state index contributed by atoms with van der Waals surface area (Å²) in [6.07, 6.45) is 0.800. The first kappa shape index (κ1) is 13.6. The number of nitrogens with one attached hydrogen (secondary N) is 1. The minimum Gasteiger partial charge on any atom is -0.454 e. The molecule has 1 fully saturated rings. The number of cyclic esters (lactones) is 1. The summed E-state index contributed by atoms with van der Waals surface area (Å²) in [5, 5.41) is 20.4. The van der Waals surface area contributed by atoms with Crippen molar-refractivity contribution in [3.05, 3.63) is 23.9 Å². The number of fused-ring (bicyclic) bond motifs is 1. The zero-order valence-electron chi connectivity index (χ0n) is 11.3. The summed E-state index contributed by atoms with van der Waals surface area (Å²) < 4.78 is 15.5. The molecule has 8 nitrogen and oxygen atoms in total. The van der Waals surface area contributed by atoms with Gasteiger partial charge in [0.25, 0.3) is 0 Å². The number of benzene rings is 1. The molecule has 2 heterocycles. The summed E-state index contributed by atoms with van der Waals surface area (Å²) in [5.74, 6) is 1.03. The molecule has 3 rings (SSSR count). The Hall–Kier alpha value is -3.39. The summed E-state index contributed by atoms with van der Waals surface area (Å²) >= 11 is 0. The van der Waals surface area contributed by atoms with Gasteiger partial charge in [0.1, 0.15) is 24.3 Å². The SMILES string of the molecule is N#CC(C#N)=CNc1cc2c(cc1N1CCOC1=O)OCO2. The number of nitrogens with zero attached hydrogens (tertiary/aromatic N) is 3. The standard InChI is InChI=1S/C14H10N4O4/c15-5-9(6-16)7-17-10-3-12-13(22-8-21-12)4-11(10)18-1-2-20-14(18)19/h3-4,7,17H,1-2,8H2. The number of anilines is 2. The number of hydrogen-bond donors (Lipinski definition) is 1. The van der Waals surface area contributed by atoms with Crippen LogP contribution in [0.25, 0.3) is 0 Å². The number of ether oxygens (including phenoxy) is 3. The van der Waals surface area contributed by atoms with Crippen molar-refractivity contribution in [3.8, 4) is 23.6 Å². The number of rotatable bonds is 3. The van der Waals surface area contributed by atoms with Gasteiger partial charge in [-0.05, 0) is 0 Å².